The standard InChI is InChI=1S/C14H16ClNO2/c1-10(11-4-3-5-12(8-11)17-2)16-9-13-6-7-14(15)18-13/h3-8,10,16H,9H2,1-2H3/t10-/m0/s1. The van der Waals surface area contributed by atoms with Crippen molar-refractivity contribution < 1.29 is 9.15 Å². The highest BCUT2D eigenvalue weighted by Crippen LogP contribution is 2.20. The Morgan fingerprint density at radius 2 is 2.17 bits per heavy atom. The molecule has 1 aromatic carbocycles. The minimum Gasteiger partial charge on any atom is -0.497 e. The first kappa shape index (κ1) is 13.0. The maximum Gasteiger partial charge on any atom is 0.193 e. The van der Waals surface area contributed by atoms with Crippen molar-refractivity contribution in [3.8, 4) is 5.75 Å². The van der Waals surface area contributed by atoms with E-state index in [1.807, 2.05) is 24.3 Å². The van der Waals surface area contributed by atoms with E-state index in [-0.39, 0.29) is 6.04 Å². The largest absolute Gasteiger partial charge is 0.497 e. The molecular weight excluding hydrogens is 250 g/mol. The molecule has 0 aliphatic heterocycles. The molecule has 0 radical (unpaired) electrons. The Hall–Kier alpha value is -1.45. The Labute approximate surface area is 112 Å². The van der Waals surface area contributed by atoms with Gasteiger partial charge in [0, 0.05) is 6.04 Å². The normalized spacial score (nSPS) is 12.4. The van der Waals surface area contributed by atoms with Crippen LogP contribution in [-0.2, 0) is 6.54 Å². The highest BCUT2D eigenvalue weighted by atomic mass is 35.5. The smallest absolute Gasteiger partial charge is 0.193 e. The Morgan fingerprint density at radius 1 is 1.33 bits per heavy atom. The van der Waals surface area contributed by atoms with E-state index in [0.29, 0.717) is 11.8 Å². The van der Waals surface area contributed by atoms with Crippen LogP contribution >= 0.6 is 11.6 Å². The van der Waals surface area contributed by atoms with E-state index in [4.69, 9.17) is 20.8 Å². The van der Waals surface area contributed by atoms with Crippen LogP contribution < -0.4 is 10.1 Å². The van der Waals surface area contributed by atoms with Crippen molar-refractivity contribution >= 4 is 11.6 Å². The van der Waals surface area contributed by atoms with Crippen LogP contribution in [-0.4, -0.2) is 7.11 Å². The molecule has 0 aliphatic carbocycles. The maximum atomic E-state index is 5.72. The Kier molecular flexibility index (Phi) is 4.28. The molecule has 1 heterocycles. The van der Waals surface area contributed by atoms with Gasteiger partial charge in [-0.2, -0.15) is 0 Å². The number of hydrogen-bond donors (Lipinski definition) is 1. The molecule has 0 fully saturated rings. The maximum absolute atomic E-state index is 5.72. The van der Waals surface area contributed by atoms with Crippen molar-refractivity contribution in [2.24, 2.45) is 0 Å². The molecule has 0 amide bonds. The number of benzene rings is 1. The fourth-order valence-corrected chi connectivity index (χ4v) is 1.89. The molecule has 1 aromatic heterocycles. The number of ether oxygens (including phenoxy) is 1. The van der Waals surface area contributed by atoms with Crippen LogP contribution in [0.4, 0.5) is 0 Å². The van der Waals surface area contributed by atoms with Gasteiger partial charge >= 0.3 is 0 Å². The van der Waals surface area contributed by atoms with Crippen LogP contribution in [0.2, 0.25) is 5.22 Å². The average Bonchev–Trinajstić information content (AvgIpc) is 2.82. The third-order valence-electron chi connectivity index (χ3n) is 2.81. The summed E-state index contributed by atoms with van der Waals surface area (Å²) in [7, 11) is 1.67. The number of nitrogens with one attached hydrogen (secondary N) is 1. The van der Waals surface area contributed by atoms with E-state index in [2.05, 4.69) is 18.3 Å². The Balaban J connectivity index is 1.96. The van der Waals surface area contributed by atoms with Gasteiger partial charge in [0.2, 0.25) is 0 Å². The summed E-state index contributed by atoms with van der Waals surface area (Å²) < 4.78 is 10.5. The molecule has 18 heavy (non-hydrogen) atoms. The number of furan rings is 1. The van der Waals surface area contributed by atoms with E-state index in [1.165, 1.54) is 5.56 Å². The zero-order valence-electron chi connectivity index (χ0n) is 10.4. The summed E-state index contributed by atoms with van der Waals surface area (Å²) in [6.07, 6.45) is 0. The van der Waals surface area contributed by atoms with Crippen molar-refractivity contribution in [2.75, 3.05) is 7.11 Å². The molecule has 0 aliphatic rings. The minimum absolute atomic E-state index is 0.212. The first-order chi connectivity index (χ1) is 8.69. The predicted octanol–water partition coefficient (Wildman–Crippen LogP) is 3.79. The third kappa shape index (κ3) is 3.28. The van der Waals surface area contributed by atoms with Gasteiger partial charge in [-0.3, -0.25) is 0 Å². The van der Waals surface area contributed by atoms with Gasteiger partial charge in [0.1, 0.15) is 11.5 Å². The second kappa shape index (κ2) is 5.94. The lowest BCUT2D eigenvalue weighted by Gasteiger charge is -2.14. The minimum atomic E-state index is 0.212. The second-order valence-corrected chi connectivity index (χ2v) is 4.46. The van der Waals surface area contributed by atoms with E-state index in [1.54, 1.807) is 13.2 Å². The van der Waals surface area contributed by atoms with Gasteiger partial charge in [0.15, 0.2) is 5.22 Å². The Bertz CT molecular complexity index is 510. The summed E-state index contributed by atoms with van der Waals surface area (Å²) in [6, 6.07) is 11.8. The first-order valence-corrected chi connectivity index (χ1v) is 6.18. The summed E-state index contributed by atoms with van der Waals surface area (Å²) >= 11 is 5.72. The highest BCUT2D eigenvalue weighted by Gasteiger charge is 2.07. The molecule has 2 rings (SSSR count). The molecular formula is C14H16ClNO2. The van der Waals surface area contributed by atoms with E-state index < -0.39 is 0 Å². The van der Waals surface area contributed by atoms with Gasteiger partial charge in [-0.05, 0) is 48.4 Å². The molecule has 1 atom stereocenters. The third-order valence-corrected chi connectivity index (χ3v) is 3.01. The molecule has 0 saturated heterocycles. The number of halogens is 1. The van der Waals surface area contributed by atoms with E-state index in [9.17, 15) is 0 Å². The molecule has 3 nitrogen and oxygen atoms in total. The lowest BCUT2D eigenvalue weighted by atomic mass is 10.1. The molecule has 2 aromatic rings. The summed E-state index contributed by atoms with van der Waals surface area (Å²) in [5.41, 5.74) is 1.17. The van der Waals surface area contributed by atoms with Crippen molar-refractivity contribution in [1.29, 1.82) is 0 Å². The van der Waals surface area contributed by atoms with Crippen LogP contribution in [0.15, 0.2) is 40.8 Å². The van der Waals surface area contributed by atoms with Crippen LogP contribution in [0.1, 0.15) is 24.3 Å². The van der Waals surface area contributed by atoms with Gasteiger partial charge in [-0.25, -0.2) is 0 Å². The molecule has 0 bridgehead atoms. The molecule has 0 unspecified atom stereocenters. The lowest BCUT2D eigenvalue weighted by molar-refractivity contribution is 0.412. The molecule has 0 saturated carbocycles. The van der Waals surface area contributed by atoms with Gasteiger partial charge in [0.05, 0.1) is 13.7 Å². The van der Waals surface area contributed by atoms with Crippen LogP contribution in [0.3, 0.4) is 0 Å². The number of methoxy groups -OCH3 is 1. The van der Waals surface area contributed by atoms with Crippen molar-refractivity contribution in [1.82, 2.24) is 5.32 Å². The SMILES string of the molecule is COc1cccc([C@H](C)NCc2ccc(Cl)o2)c1. The fourth-order valence-electron chi connectivity index (χ4n) is 1.73. The predicted molar refractivity (Wildman–Crippen MR) is 72.0 cm³/mol. The average molecular weight is 266 g/mol. The van der Waals surface area contributed by atoms with Gasteiger partial charge in [-0.1, -0.05) is 12.1 Å². The zero-order chi connectivity index (χ0) is 13.0. The summed E-state index contributed by atoms with van der Waals surface area (Å²) in [5.74, 6) is 1.69. The van der Waals surface area contributed by atoms with Crippen molar-refractivity contribution in [3.63, 3.8) is 0 Å². The Morgan fingerprint density at radius 3 is 2.83 bits per heavy atom. The van der Waals surface area contributed by atoms with Crippen molar-refractivity contribution in [2.45, 2.75) is 19.5 Å². The van der Waals surface area contributed by atoms with Crippen LogP contribution in [0.5, 0.6) is 5.75 Å². The topological polar surface area (TPSA) is 34.4 Å². The molecule has 1 N–H and O–H groups in total. The molecule has 0 spiro atoms. The summed E-state index contributed by atoms with van der Waals surface area (Å²) in [6.45, 7) is 2.74. The lowest BCUT2D eigenvalue weighted by Crippen LogP contribution is -2.17. The van der Waals surface area contributed by atoms with Gasteiger partial charge in [-0.15, -0.1) is 0 Å². The van der Waals surface area contributed by atoms with E-state index >= 15 is 0 Å². The van der Waals surface area contributed by atoms with E-state index in [0.717, 1.165) is 11.5 Å². The fraction of sp³-hybridized carbons (Fsp3) is 0.286. The number of hydrogen-bond acceptors (Lipinski definition) is 3. The zero-order valence-corrected chi connectivity index (χ0v) is 11.2. The van der Waals surface area contributed by atoms with Gasteiger partial charge < -0.3 is 14.5 Å². The molecule has 96 valence electrons. The summed E-state index contributed by atoms with van der Waals surface area (Å²) in [4.78, 5) is 0. The summed E-state index contributed by atoms with van der Waals surface area (Å²) in [5, 5.41) is 3.79. The molecule has 4 heteroatoms. The van der Waals surface area contributed by atoms with Crippen molar-refractivity contribution in [3.05, 3.63) is 52.9 Å². The highest BCUT2D eigenvalue weighted by molar-refractivity contribution is 6.28. The monoisotopic (exact) mass is 265 g/mol. The first-order valence-electron chi connectivity index (χ1n) is 5.80. The van der Waals surface area contributed by atoms with Crippen LogP contribution in [0.25, 0.3) is 0 Å². The van der Waals surface area contributed by atoms with Gasteiger partial charge in [0.25, 0.3) is 0 Å². The van der Waals surface area contributed by atoms with Crippen LogP contribution in [0, 0.1) is 0 Å². The number of rotatable bonds is 5. The quantitative estimate of drug-likeness (QED) is 0.893. The second-order valence-electron chi connectivity index (χ2n) is 4.09.